The first-order chi connectivity index (χ1) is 9.92. The molecule has 1 fully saturated rings. The Morgan fingerprint density at radius 1 is 1.24 bits per heavy atom. The van der Waals surface area contributed by atoms with Gasteiger partial charge in [0.1, 0.15) is 5.75 Å². The van der Waals surface area contributed by atoms with Gasteiger partial charge < -0.3 is 15.5 Å². The van der Waals surface area contributed by atoms with Crippen LogP contribution < -0.4 is 5.32 Å². The molecule has 1 amide bonds. The van der Waals surface area contributed by atoms with Crippen LogP contribution in [0.15, 0.2) is 18.2 Å². The van der Waals surface area contributed by atoms with Crippen molar-refractivity contribution >= 4 is 11.9 Å². The third kappa shape index (κ3) is 3.74. The first-order valence-electron chi connectivity index (χ1n) is 7.26. The molecule has 0 saturated heterocycles. The molecule has 0 radical (unpaired) electrons. The summed E-state index contributed by atoms with van der Waals surface area (Å²) < 4.78 is 0. The average Bonchev–Trinajstić information content (AvgIpc) is 2.41. The SMILES string of the molecule is Cc1cc(C(=O)NC2(CC(=O)O)CCCCC2)ccc1O. The molecule has 0 atom stereocenters. The van der Waals surface area contributed by atoms with Crippen molar-refractivity contribution in [2.45, 2.75) is 51.0 Å². The number of hydrogen-bond acceptors (Lipinski definition) is 3. The van der Waals surface area contributed by atoms with Crippen LogP contribution in [-0.2, 0) is 4.79 Å². The predicted octanol–water partition coefficient (Wildman–Crippen LogP) is 2.61. The van der Waals surface area contributed by atoms with E-state index in [4.69, 9.17) is 5.11 Å². The molecule has 0 spiro atoms. The first kappa shape index (κ1) is 15.4. The van der Waals surface area contributed by atoms with Gasteiger partial charge in [0.15, 0.2) is 0 Å². The lowest BCUT2D eigenvalue weighted by Gasteiger charge is -2.37. The Labute approximate surface area is 124 Å². The van der Waals surface area contributed by atoms with Gasteiger partial charge in [-0.1, -0.05) is 19.3 Å². The van der Waals surface area contributed by atoms with Gasteiger partial charge >= 0.3 is 5.97 Å². The smallest absolute Gasteiger partial charge is 0.305 e. The number of carbonyl (C=O) groups is 2. The van der Waals surface area contributed by atoms with Crippen molar-refractivity contribution < 1.29 is 19.8 Å². The molecular formula is C16H21NO4. The molecule has 5 heteroatoms. The van der Waals surface area contributed by atoms with E-state index < -0.39 is 11.5 Å². The minimum atomic E-state index is -0.890. The minimum absolute atomic E-state index is 0.0458. The number of phenols is 1. The van der Waals surface area contributed by atoms with Gasteiger partial charge in [0.05, 0.1) is 12.0 Å². The number of carbonyl (C=O) groups excluding carboxylic acids is 1. The molecule has 1 aliphatic carbocycles. The summed E-state index contributed by atoms with van der Waals surface area (Å²) in [4.78, 5) is 23.5. The molecule has 1 aromatic rings. The van der Waals surface area contributed by atoms with Gasteiger partial charge in [-0.15, -0.1) is 0 Å². The van der Waals surface area contributed by atoms with E-state index in [9.17, 15) is 14.7 Å². The Morgan fingerprint density at radius 3 is 2.48 bits per heavy atom. The summed E-state index contributed by atoms with van der Waals surface area (Å²) in [6.45, 7) is 1.72. The summed E-state index contributed by atoms with van der Waals surface area (Å²) in [5, 5.41) is 21.5. The standard InChI is InChI=1S/C16H21NO4/c1-11-9-12(5-6-13(11)18)15(21)17-16(10-14(19)20)7-3-2-4-8-16/h5-6,9,18H,2-4,7-8,10H2,1H3,(H,17,21)(H,19,20). The van der Waals surface area contributed by atoms with E-state index in [0.29, 0.717) is 24.0 Å². The highest BCUT2D eigenvalue weighted by Crippen LogP contribution is 2.31. The van der Waals surface area contributed by atoms with Crippen LogP contribution >= 0.6 is 0 Å². The zero-order chi connectivity index (χ0) is 15.5. The Balaban J connectivity index is 2.17. The molecule has 0 aliphatic heterocycles. The van der Waals surface area contributed by atoms with Crippen LogP contribution in [0.25, 0.3) is 0 Å². The van der Waals surface area contributed by atoms with Crippen LogP contribution in [0.5, 0.6) is 5.75 Å². The molecule has 1 aliphatic rings. The number of rotatable bonds is 4. The van der Waals surface area contributed by atoms with Crippen LogP contribution in [0.2, 0.25) is 0 Å². The maximum absolute atomic E-state index is 12.4. The minimum Gasteiger partial charge on any atom is -0.508 e. The second-order valence-electron chi connectivity index (χ2n) is 5.87. The van der Waals surface area contributed by atoms with Crippen molar-refractivity contribution in [3.05, 3.63) is 29.3 Å². The van der Waals surface area contributed by atoms with Crippen LogP contribution in [0.3, 0.4) is 0 Å². The summed E-state index contributed by atoms with van der Waals surface area (Å²) >= 11 is 0. The summed E-state index contributed by atoms with van der Waals surface area (Å²) in [6, 6.07) is 4.64. The van der Waals surface area contributed by atoms with Gasteiger partial charge in [-0.3, -0.25) is 9.59 Å². The Hall–Kier alpha value is -2.04. The molecular weight excluding hydrogens is 270 g/mol. The second kappa shape index (κ2) is 6.16. The molecule has 0 aromatic heterocycles. The lowest BCUT2D eigenvalue weighted by molar-refractivity contribution is -0.139. The van der Waals surface area contributed by atoms with Crippen molar-refractivity contribution in [2.24, 2.45) is 0 Å². The van der Waals surface area contributed by atoms with Crippen molar-refractivity contribution in [3.8, 4) is 5.75 Å². The van der Waals surface area contributed by atoms with E-state index in [0.717, 1.165) is 19.3 Å². The van der Waals surface area contributed by atoms with E-state index in [1.54, 1.807) is 19.1 Å². The fourth-order valence-electron chi connectivity index (χ4n) is 2.97. The van der Waals surface area contributed by atoms with Crippen molar-refractivity contribution in [1.82, 2.24) is 5.32 Å². The van der Waals surface area contributed by atoms with Crippen LogP contribution in [0.4, 0.5) is 0 Å². The number of phenolic OH excluding ortho intramolecular Hbond substituents is 1. The number of aryl methyl sites for hydroxylation is 1. The fourth-order valence-corrected chi connectivity index (χ4v) is 2.97. The zero-order valence-corrected chi connectivity index (χ0v) is 12.2. The molecule has 0 bridgehead atoms. The Bertz CT molecular complexity index is 547. The summed E-state index contributed by atoms with van der Waals surface area (Å²) in [6.07, 6.45) is 4.29. The highest BCUT2D eigenvalue weighted by molar-refractivity contribution is 5.95. The van der Waals surface area contributed by atoms with E-state index in [1.807, 2.05) is 0 Å². The van der Waals surface area contributed by atoms with Crippen LogP contribution in [0.1, 0.15) is 54.4 Å². The molecule has 2 rings (SSSR count). The third-order valence-corrected chi connectivity index (χ3v) is 4.14. The Kier molecular flexibility index (Phi) is 4.50. The molecule has 1 aromatic carbocycles. The number of amides is 1. The quantitative estimate of drug-likeness (QED) is 0.796. The summed E-state index contributed by atoms with van der Waals surface area (Å²) in [5.74, 6) is -1.02. The summed E-state index contributed by atoms with van der Waals surface area (Å²) in [5.41, 5.74) is 0.423. The monoisotopic (exact) mass is 291 g/mol. The largest absolute Gasteiger partial charge is 0.508 e. The van der Waals surface area contributed by atoms with E-state index in [1.165, 1.54) is 6.07 Å². The number of carboxylic acid groups (broad SMARTS) is 1. The predicted molar refractivity (Wildman–Crippen MR) is 78.4 cm³/mol. The normalized spacial score (nSPS) is 17.2. The molecule has 0 heterocycles. The lowest BCUT2D eigenvalue weighted by atomic mass is 9.79. The van der Waals surface area contributed by atoms with Crippen molar-refractivity contribution in [1.29, 1.82) is 0 Å². The number of nitrogens with one attached hydrogen (secondary N) is 1. The molecule has 21 heavy (non-hydrogen) atoms. The summed E-state index contributed by atoms with van der Waals surface area (Å²) in [7, 11) is 0. The van der Waals surface area contributed by atoms with Gasteiger partial charge in [-0.05, 0) is 43.5 Å². The maximum Gasteiger partial charge on any atom is 0.305 e. The topological polar surface area (TPSA) is 86.6 Å². The molecule has 1 saturated carbocycles. The van der Waals surface area contributed by atoms with Crippen molar-refractivity contribution in [2.75, 3.05) is 0 Å². The number of hydrogen-bond donors (Lipinski definition) is 3. The van der Waals surface area contributed by atoms with Gasteiger partial charge in [0.2, 0.25) is 0 Å². The van der Waals surface area contributed by atoms with Crippen LogP contribution in [-0.4, -0.2) is 27.6 Å². The number of benzene rings is 1. The van der Waals surface area contributed by atoms with E-state index in [-0.39, 0.29) is 18.1 Å². The van der Waals surface area contributed by atoms with Gasteiger partial charge in [-0.25, -0.2) is 0 Å². The van der Waals surface area contributed by atoms with Gasteiger partial charge in [-0.2, -0.15) is 0 Å². The molecule has 114 valence electrons. The molecule has 5 nitrogen and oxygen atoms in total. The molecule has 3 N–H and O–H groups in total. The van der Waals surface area contributed by atoms with Gasteiger partial charge in [0, 0.05) is 5.56 Å². The van der Waals surface area contributed by atoms with Gasteiger partial charge in [0.25, 0.3) is 5.91 Å². The number of carboxylic acids is 1. The van der Waals surface area contributed by atoms with Crippen LogP contribution in [0, 0.1) is 6.92 Å². The Morgan fingerprint density at radius 2 is 1.90 bits per heavy atom. The van der Waals surface area contributed by atoms with E-state index in [2.05, 4.69) is 5.32 Å². The maximum atomic E-state index is 12.4. The third-order valence-electron chi connectivity index (χ3n) is 4.14. The average molecular weight is 291 g/mol. The fraction of sp³-hybridized carbons (Fsp3) is 0.500. The van der Waals surface area contributed by atoms with E-state index >= 15 is 0 Å². The van der Waals surface area contributed by atoms with Crippen molar-refractivity contribution in [3.63, 3.8) is 0 Å². The molecule has 0 unspecified atom stereocenters. The lowest BCUT2D eigenvalue weighted by Crippen LogP contribution is -2.51. The number of aliphatic carboxylic acids is 1. The number of aromatic hydroxyl groups is 1. The second-order valence-corrected chi connectivity index (χ2v) is 5.87. The first-order valence-corrected chi connectivity index (χ1v) is 7.26. The zero-order valence-electron chi connectivity index (χ0n) is 12.2. The highest BCUT2D eigenvalue weighted by atomic mass is 16.4. The highest BCUT2D eigenvalue weighted by Gasteiger charge is 2.36.